The normalized spacial score (nSPS) is 45.8. The molecule has 0 aromatic rings. The van der Waals surface area contributed by atoms with Gasteiger partial charge in [0.2, 0.25) is 0 Å². The molecule has 0 amide bonds. The van der Waals surface area contributed by atoms with Gasteiger partial charge in [-0.05, 0) is 55.9 Å². The van der Waals surface area contributed by atoms with Gasteiger partial charge >= 0.3 is 37.4 Å². The predicted octanol–water partition coefficient (Wildman–Crippen LogP) is -2.01. The average Bonchev–Trinajstić information content (AvgIpc) is 2.92. The van der Waals surface area contributed by atoms with Crippen LogP contribution in [0, 0.1) is 28.6 Å². The molecule has 0 heterocycles. The monoisotopic (exact) mass is 482 g/mol. The molecule has 0 bridgehead atoms. The van der Waals surface area contributed by atoms with Gasteiger partial charge in [0.25, 0.3) is 0 Å². The molecule has 3 fully saturated rings. The van der Waals surface area contributed by atoms with Crippen molar-refractivity contribution >= 4 is 19.4 Å². The maximum absolute atomic E-state index is 12.5. The van der Waals surface area contributed by atoms with Crippen LogP contribution in [0.4, 0.5) is 0 Å². The molecule has 176 valence electrons. The number of ketones is 2. The van der Waals surface area contributed by atoms with Gasteiger partial charge in [-0.3, -0.25) is 14.1 Å². The summed E-state index contributed by atoms with van der Waals surface area (Å²) in [5.74, 6) is -1.59. The minimum atomic E-state index is -4.88. The second-order valence-corrected chi connectivity index (χ2v) is 11.4. The molecule has 9 nitrogen and oxygen atoms in total. The van der Waals surface area contributed by atoms with Crippen LogP contribution in [0.1, 0.15) is 53.8 Å². The van der Waals surface area contributed by atoms with E-state index in [2.05, 4.69) is 0 Å². The number of rotatable bonds is 4. The molecule has 4 aliphatic carbocycles. The number of aliphatic hydroxyl groups excluding tert-OH is 2. The first-order valence-corrected chi connectivity index (χ1v) is 12.3. The summed E-state index contributed by atoms with van der Waals surface area (Å²) in [4.78, 5) is 43.7. The van der Waals surface area contributed by atoms with Gasteiger partial charge in [-0.1, -0.05) is 19.4 Å². The second kappa shape index (κ2) is 8.63. The molecular weight excluding hydrogens is 450 g/mol. The first kappa shape index (κ1) is 26.7. The Morgan fingerprint density at radius 2 is 1.97 bits per heavy atom. The van der Waals surface area contributed by atoms with E-state index in [1.165, 1.54) is 6.08 Å². The quantitative estimate of drug-likeness (QED) is 0.225. The average molecular weight is 482 g/mol. The second-order valence-electron chi connectivity index (χ2n) is 10.2. The Kier molecular flexibility index (Phi) is 7.19. The van der Waals surface area contributed by atoms with Crippen molar-refractivity contribution < 1.29 is 74.8 Å². The van der Waals surface area contributed by atoms with Crippen LogP contribution >= 0.6 is 7.82 Å². The molecule has 8 atom stereocenters. The maximum Gasteiger partial charge on any atom is 1.00 e. The Hall–Kier alpha value is 0.0700. The number of phosphoric ester groups is 1. The fourth-order valence-corrected chi connectivity index (χ4v) is 8.23. The van der Waals surface area contributed by atoms with Crippen LogP contribution in [0.5, 0.6) is 0 Å². The first-order chi connectivity index (χ1) is 14.3. The van der Waals surface area contributed by atoms with E-state index in [-0.39, 0.29) is 67.9 Å². The molecule has 0 saturated heterocycles. The Bertz CT molecular complexity index is 893. The topological polar surface area (TPSA) is 162 Å². The fraction of sp³-hybridized carbons (Fsp3) is 0.810. The van der Waals surface area contributed by atoms with Gasteiger partial charge in [-0.2, -0.15) is 0 Å². The number of aliphatic hydroxyl groups is 3. The maximum atomic E-state index is 12.5. The molecule has 32 heavy (non-hydrogen) atoms. The number of Topliss-reactive ketones (excluding diaryl/α,β-unsaturated/α-hetero) is 1. The number of hydrogen-bond donors (Lipinski definition) is 5. The number of carbonyl (C=O) groups is 2. The molecular formula is C21H32NaO9P. The third-order valence-corrected chi connectivity index (χ3v) is 9.53. The molecule has 0 aromatic heterocycles. The molecule has 0 spiro atoms. The van der Waals surface area contributed by atoms with Crippen LogP contribution in [-0.4, -0.2) is 61.1 Å². The van der Waals surface area contributed by atoms with Crippen LogP contribution in [-0.2, 0) is 18.7 Å². The van der Waals surface area contributed by atoms with E-state index in [9.17, 15) is 39.3 Å². The van der Waals surface area contributed by atoms with Crippen molar-refractivity contribution in [1.29, 1.82) is 0 Å². The third-order valence-electron chi connectivity index (χ3n) is 9.00. The molecule has 5 N–H and O–H groups in total. The summed E-state index contributed by atoms with van der Waals surface area (Å²) in [6.07, 6.45) is 1.28. The summed E-state index contributed by atoms with van der Waals surface area (Å²) in [5, 5.41) is 32.0. The van der Waals surface area contributed by atoms with E-state index in [0.29, 0.717) is 19.3 Å². The number of hydrogen-bond acceptors (Lipinski definition) is 7. The first-order valence-electron chi connectivity index (χ1n) is 10.8. The molecule has 0 radical (unpaired) electrons. The third kappa shape index (κ3) is 3.77. The van der Waals surface area contributed by atoms with E-state index in [1.807, 2.05) is 0 Å². The van der Waals surface area contributed by atoms with Gasteiger partial charge in [-0.25, -0.2) is 4.57 Å². The summed E-state index contributed by atoms with van der Waals surface area (Å²) in [6, 6.07) is 0. The van der Waals surface area contributed by atoms with Crippen molar-refractivity contribution in [2.24, 2.45) is 28.6 Å². The molecule has 4 aliphatic rings. The van der Waals surface area contributed by atoms with Crippen molar-refractivity contribution in [1.82, 2.24) is 0 Å². The van der Waals surface area contributed by atoms with E-state index in [0.717, 1.165) is 5.57 Å². The Morgan fingerprint density at radius 3 is 2.56 bits per heavy atom. The fourth-order valence-electron chi connectivity index (χ4n) is 7.61. The van der Waals surface area contributed by atoms with Gasteiger partial charge in [0.05, 0.1) is 12.2 Å². The van der Waals surface area contributed by atoms with Crippen molar-refractivity contribution in [3.63, 3.8) is 0 Å². The zero-order chi connectivity index (χ0) is 23.0. The number of carbonyl (C=O) groups excluding carboxylic acids is 2. The Balaban J connectivity index is 0.00000193. The summed E-state index contributed by atoms with van der Waals surface area (Å²) in [5.41, 5.74) is -2.87. The minimum absolute atomic E-state index is 0. The zero-order valence-electron chi connectivity index (χ0n) is 19.7. The largest absolute Gasteiger partial charge is 1.00 e. The van der Waals surface area contributed by atoms with Crippen molar-refractivity contribution in [3.05, 3.63) is 11.6 Å². The van der Waals surface area contributed by atoms with Gasteiger partial charge in [0.15, 0.2) is 11.6 Å². The summed E-state index contributed by atoms with van der Waals surface area (Å²) in [6.45, 7) is 2.82. The molecule has 3 saturated carbocycles. The Labute approximate surface area is 210 Å². The standard InChI is InChI=1S/C21H31O9P.Na.H/c1-19-9-15(24)18-13(14(19)5-6-21(19,26)16(25)10-22)4-3-11-7-12(23)8-17(20(11,18)2)30-31(27,28)29;;/h7,13-15,17-18,22,24,26H,3-6,8-10H2,1-2H3,(H2,27,28,29);;/q;+1;-1/t13-,14-,15-,17?,18+,19-,20+,21-;;/m0../s1. The van der Waals surface area contributed by atoms with E-state index in [4.69, 9.17) is 4.52 Å². The Morgan fingerprint density at radius 1 is 1.31 bits per heavy atom. The number of fused-ring (bicyclic) bond motifs is 5. The van der Waals surface area contributed by atoms with Crippen molar-refractivity contribution in [2.75, 3.05) is 6.61 Å². The van der Waals surface area contributed by atoms with Crippen LogP contribution in [0.15, 0.2) is 11.6 Å². The van der Waals surface area contributed by atoms with Crippen LogP contribution < -0.4 is 29.6 Å². The SMILES string of the molecule is C[C@]12C[C@H](O)[C@H]3[C@@H](CCC4=CC(=O)CC(OP(=O)(O)O)[C@@]43C)[C@@H]1CC[C@]2(O)C(=O)CO.[H-].[Na+]. The van der Waals surface area contributed by atoms with E-state index < -0.39 is 54.8 Å². The minimum Gasteiger partial charge on any atom is -1.00 e. The molecule has 4 rings (SSSR count). The smallest absolute Gasteiger partial charge is 1.00 e. The van der Waals surface area contributed by atoms with Crippen LogP contribution in [0.25, 0.3) is 0 Å². The molecule has 0 aliphatic heterocycles. The summed E-state index contributed by atoms with van der Waals surface area (Å²) in [7, 11) is -4.88. The van der Waals surface area contributed by atoms with E-state index in [1.54, 1.807) is 13.8 Å². The van der Waals surface area contributed by atoms with Crippen LogP contribution in [0.3, 0.4) is 0 Å². The van der Waals surface area contributed by atoms with Gasteiger partial charge in [-0.15, -0.1) is 0 Å². The summed E-state index contributed by atoms with van der Waals surface area (Å²) >= 11 is 0. The molecule has 1 unspecified atom stereocenters. The van der Waals surface area contributed by atoms with Crippen molar-refractivity contribution in [2.45, 2.75) is 70.2 Å². The molecule has 0 aromatic carbocycles. The van der Waals surface area contributed by atoms with Crippen LogP contribution in [0.2, 0.25) is 0 Å². The van der Waals surface area contributed by atoms with Gasteiger partial charge in [0, 0.05) is 17.3 Å². The van der Waals surface area contributed by atoms with Crippen molar-refractivity contribution in [3.8, 4) is 0 Å². The van der Waals surface area contributed by atoms with Gasteiger partial charge in [0.1, 0.15) is 12.2 Å². The van der Waals surface area contributed by atoms with Gasteiger partial charge < -0.3 is 26.5 Å². The molecule has 11 heteroatoms. The number of phosphoric acid groups is 1. The summed E-state index contributed by atoms with van der Waals surface area (Å²) < 4.78 is 16.8. The predicted molar refractivity (Wildman–Crippen MR) is 109 cm³/mol. The van der Waals surface area contributed by atoms with E-state index >= 15 is 0 Å². The zero-order valence-corrected chi connectivity index (χ0v) is 21.6.